The smallest absolute Gasteiger partial charge is 0.275 e. The molecule has 0 saturated heterocycles. The molecule has 0 spiro atoms. The Bertz CT molecular complexity index is 1080. The number of anilines is 1. The Hall–Kier alpha value is -2.84. The van der Waals surface area contributed by atoms with E-state index in [1.807, 2.05) is 35.7 Å². The number of carbonyl (C=O) groups excluding carboxylic acids is 3. The molecule has 2 heterocycles. The normalized spacial score (nSPS) is 14.6. The highest BCUT2D eigenvalue weighted by atomic mass is 79.9. The van der Waals surface area contributed by atoms with Gasteiger partial charge in [0.05, 0.1) is 29.9 Å². The van der Waals surface area contributed by atoms with E-state index in [-0.39, 0.29) is 24.3 Å². The van der Waals surface area contributed by atoms with E-state index in [9.17, 15) is 14.4 Å². The van der Waals surface area contributed by atoms with Gasteiger partial charge in [-0.2, -0.15) is 4.98 Å². The summed E-state index contributed by atoms with van der Waals surface area (Å²) in [6.45, 7) is 1.64. The van der Waals surface area contributed by atoms with Gasteiger partial charge in [0.15, 0.2) is 5.38 Å². The van der Waals surface area contributed by atoms with Gasteiger partial charge in [0.1, 0.15) is 8.90 Å². The van der Waals surface area contributed by atoms with Gasteiger partial charge >= 0.3 is 5.13 Å². The molecule has 152 valence electrons. The fraction of sp³-hybridized carbons (Fsp3) is 0.182. The maximum Gasteiger partial charge on any atom is 0.361 e. The number of nitrogens with zero attached hydrogens (tertiary/aromatic N) is 3. The zero-order chi connectivity index (χ0) is 21.3. The van der Waals surface area contributed by atoms with Crippen molar-refractivity contribution >= 4 is 46.6 Å². The molecule has 6 nitrogen and oxygen atoms in total. The van der Waals surface area contributed by atoms with Crippen molar-refractivity contribution in [1.82, 2.24) is 9.88 Å². The monoisotopic (exact) mass is 484 g/mol. The van der Waals surface area contributed by atoms with E-state index in [0.29, 0.717) is 22.7 Å². The van der Waals surface area contributed by atoms with Crippen LogP contribution >= 0.6 is 23.7 Å². The Labute approximate surface area is 184 Å². The van der Waals surface area contributed by atoms with E-state index in [0.717, 1.165) is 5.56 Å². The molecule has 0 bridgehead atoms. The van der Waals surface area contributed by atoms with E-state index in [4.69, 9.17) is 0 Å². The van der Waals surface area contributed by atoms with Crippen LogP contribution in [0.25, 0.3) is 0 Å². The molecule has 1 unspecified atom stereocenters. The van der Waals surface area contributed by atoms with E-state index in [2.05, 4.69) is 19.8 Å². The Morgan fingerprint density at radius 1 is 1.07 bits per heavy atom. The molecule has 2 aromatic carbocycles. The summed E-state index contributed by atoms with van der Waals surface area (Å²) in [4.78, 5) is 45.9. The van der Waals surface area contributed by atoms with Crippen LogP contribution < -0.4 is 4.90 Å². The minimum atomic E-state index is -0.531. The third kappa shape index (κ3) is 3.80. The van der Waals surface area contributed by atoms with Crippen LogP contribution in [0.2, 0.25) is 0 Å². The number of fused-ring (bicyclic) bond motifs is 1. The topological polar surface area (TPSA) is 70.6 Å². The quantitative estimate of drug-likeness (QED) is 0.387. The predicted molar refractivity (Wildman–Crippen MR) is 120 cm³/mol. The predicted octanol–water partition coefficient (Wildman–Crippen LogP) is 4.25. The molecule has 30 heavy (non-hydrogen) atoms. The van der Waals surface area contributed by atoms with Gasteiger partial charge in [0.25, 0.3) is 26.6 Å². The molecular formula is C22H19BrN3O3S+. The van der Waals surface area contributed by atoms with Gasteiger partial charge in [-0.05, 0) is 24.1 Å². The Kier molecular flexibility index (Phi) is 5.78. The number of carbonyl (C=O) groups is 3. The molecule has 4 rings (SSSR count). The van der Waals surface area contributed by atoms with E-state index < -0.39 is 14.9 Å². The SMILES string of the molecule is CC(=O)N(C[C@H](Cc1ccccc1)N1C(=O)c2ccccc2C1=O)c1ncc[s+]1Br. The second-order valence-corrected chi connectivity index (χ2v) is 10.3. The third-order valence-electron chi connectivity index (χ3n) is 5.05. The molecule has 0 fully saturated rings. The standard InChI is InChI=1S/C22H19BrN3O3S/c1-15(27)25(22-24-11-12-30(22)23)14-17(13-16-7-3-2-4-8-16)26-20(28)18-9-5-6-10-19(18)21(26)29/h2-12,17H,13-14H2,1H3/q+1/t17-,30?/m0/s1. The Morgan fingerprint density at radius 2 is 1.67 bits per heavy atom. The van der Waals surface area contributed by atoms with Gasteiger partial charge < -0.3 is 0 Å². The van der Waals surface area contributed by atoms with Crippen LogP contribution in [0.5, 0.6) is 0 Å². The van der Waals surface area contributed by atoms with Crippen molar-refractivity contribution < 1.29 is 14.4 Å². The minimum absolute atomic E-state index is 0.172. The number of amides is 3. The van der Waals surface area contributed by atoms with Crippen molar-refractivity contribution in [2.75, 3.05) is 11.4 Å². The van der Waals surface area contributed by atoms with Gasteiger partial charge in [0, 0.05) is 6.92 Å². The van der Waals surface area contributed by atoms with Crippen molar-refractivity contribution in [2.45, 2.75) is 19.4 Å². The molecule has 2 atom stereocenters. The first kappa shape index (κ1) is 20.4. The van der Waals surface area contributed by atoms with Crippen LogP contribution in [-0.4, -0.2) is 40.2 Å². The van der Waals surface area contributed by atoms with Crippen molar-refractivity contribution in [3.8, 4) is 0 Å². The van der Waals surface area contributed by atoms with Crippen molar-refractivity contribution in [3.63, 3.8) is 0 Å². The maximum absolute atomic E-state index is 13.1. The first-order chi connectivity index (χ1) is 14.5. The second-order valence-electron chi connectivity index (χ2n) is 6.98. The van der Waals surface area contributed by atoms with Crippen molar-refractivity contribution in [2.24, 2.45) is 0 Å². The summed E-state index contributed by atoms with van der Waals surface area (Å²) in [7, 11) is -0.484. The zero-order valence-electron chi connectivity index (χ0n) is 16.2. The molecule has 0 saturated carbocycles. The molecule has 1 aromatic heterocycles. The fourth-order valence-electron chi connectivity index (χ4n) is 3.65. The lowest BCUT2D eigenvalue weighted by molar-refractivity contribution is -0.116. The lowest BCUT2D eigenvalue weighted by Crippen LogP contribution is -2.49. The van der Waals surface area contributed by atoms with Crippen LogP contribution in [0, 0.1) is 0 Å². The number of halogens is 1. The highest BCUT2D eigenvalue weighted by molar-refractivity contribution is 9.34. The highest BCUT2D eigenvalue weighted by Crippen LogP contribution is 2.37. The first-order valence-electron chi connectivity index (χ1n) is 9.40. The largest absolute Gasteiger partial charge is 0.361 e. The highest BCUT2D eigenvalue weighted by Gasteiger charge is 2.41. The molecule has 1 aliphatic rings. The summed E-state index contributed by atoms with van der Waals surface area (Å²) in [5.41, 5.74) is 1.77. The summed E-state index contributed by atoms with van der Waals surface area (Å²) in [6.07, 6.45) is 2.09. The lowest BCUT2D eigenvalue weighted by atomic mass is 10.0. The summed E-state index contributed by atoms with van der Waals surface area (Å²) in [5.74, 6) is -0.849. The van der Waals surface area contributed by atoms with Crippen LogP contribution in [0.3, 0.4) is 0 Å². The van der Waals surface area contributed by atoms with Gasteiger partial charge in [-0.1, -0.05) is 42.5 Å². The molecule has 1 aliphatic heterocycles. The summed E-state index contributed by atoms with van der Waals surface area (Å²) in [6, 6.07) is 15.9. The number of hydrogen-bond acceptors (Lipinski definition) is 4. The van der Waals surface area contributed by atoms with Gasteiger partial charge in [-0.3, -0.25) is 19.3 Å². The van der Waals surface area contributed by atoms with Gasteiger partial charge in [-0.15, -0.1) is 0 Å². The van der Waals surface area contributed by atoms with E-state index in [1.54, 1.807) is 35.4 Å². The van der Waals surface area contributed by atoms with E-state index in [1.165, 1.54) is 11.8 Å². The van der Waals surface area contributed by atoms with Gasteiger partial charge in [-0.25, -0.2) is 4.90 Å². The number of aromatic nitrogens is 1. The second kappa shape index (κ2) is 8.49. The number of hydrogen-bond donors (Lipinski definition) is 0. The summed E-state index contributed by atoms with van der Waals surface area (Å²) in [5, 5.41) is 2.44. The zero-order valence-corrected chi connectivity index (χ0v) is 18.6. The molecule has 8 heteroatoms. The van der Waals surface area contributed by atoms with Crippen LogP contribution in [0.15, 0.2) is 66.2 Å². The van der Waals surface area contributed by atoms with Gasteiger partial charge in [0.2, 0.25) is 5.91 Å². The van der Waals surface area contributed by atoms with E-state index >= 15 is 0 Å². The minimum Gasteiger partial charge on any atom is -0.275 e. The lowest BCUT2D eigenvalue weighted by Gasteiger charge is -2.29. The van der Waals surface area contributed by atoms with Crippen molar-refractivity contribution in [3.05, 3.63) is 82.9 Å². The Balaban J connectivity index is 1.72. The fourth-order valence-corrected chi connectivity index (χ4v) is 5.58. The summed E-state index contributed by atoms with van der Waals surface area (Å²) < 4.78 is 0. The number of benzene rings is 2. The van der Waals surface area contributed by atoms with Crippen LogP contribution in [-0.2, 0) is 11.2 Å². The Morgan fingerprint density at radius 3 is 2.20 bits per heavy atom. The number of thiazole rings is 1. The van der Waals surface area contributed by atoms with Crippen LogP contribution in [0.1, 0.15) is 33.2 Å². The number of rotatable bonds is 6. The van der Waals surface area contributed by atoms with Crippen molar-refractivity contribution in [1.29, 1.82) is 0 Å². The average molecular weight is 485 g/mol. The first-order valence-corrected chi connectivity index (χ1v) is 12.5. The maximum atomic E-state index is 13.1. The summed E-state index contributed by atoms with van der Waals surface area (Å²) >= 11 is 3.53. The van der Waals surface area contributed by atoms with Crippen LogP contribution in [0.4, 0.5) is 5.13 Å². The third-order valence-corrected chi connectivity index (χ3v) is 7.60. The molecule has 3 aromatic rings. The number of imide groups is 1. The average Bonchev–Trinajstić information content (AvgIpc) is 3.27. The molecule has 0 aliphatic carbocycles. The molecule has 0 N–H and O–H groups in total. The molecule has 0 radical (unpaired) electrons. The molecular weight excluding hydrogens is 466 g/mol. The molecule has 3 amide bonds.